The van der Waals surface area contributed by atoms with E-state index in [0.717, 1.165) is 18.2 Å². The van der Waals surface area contributed by atoms with E-state index in [1.54, 1.807) is 0 Å². The first-order chi connectivity index (χ1) is 11.6. The van der Waals surface area contributed by atoms with Crippen LogP contribution in [-0.2, 0) is 15.8 Å². The Hall–Kier alpha value is -2.82. The monoisotopic (exact) mass is 376 g/mol. The molecule has 0 unspecified atom stereocenters. The molecule has 25 heavy (non-hydrogen) atoms. The van der Waals surface area contributed by atoms with Gasteiger partial charge in [0.25, 0.3) is 5.69 Å². The van der Waals surface area contributed by atoms with Crippen LogP contribution in [0, 0.1) is 10.1 Å². The summed E-state index contributed by atoms with van der Waals surface area (Å²) in [5.41, 5.74) is -0.944. The predicted octanol–water partition coefficient (Wildman–Crippen LogP) is 3.44. The highest BCUT2D eigenvalue weighted by atomic mass is 32.2. The van der Waals surface area contributed by atoms with E-state index in [4.69, 9.17) is 0 Å². The highest BCUT2D eigenvalue weighted by Gasteiger charge is 2.32. The molecule has 0 atom stereocenters. The van der Waals surface area contributed by atoms with Crippen LogP contribution in [0.1, 0.15) is 5.56 Å². The second-order valence-electron chi connectivity index (χ2n) is 4.79. The molecule has 0 aliphatic carbocycles. The maximum Gasteiger partial charge on any atom is 0.573 e. The molecule has 7 nitrogen and oxygen atoms in total. The second-order valence-corrected chi connectivity index (χ2v) is 6.51. The number of para-hydroxylation sites is 3. The Morgan fingerprint density at radius 2 is 1.68 bits per heavy atom. The summed E-state index contributed by atoms with van der Waals surface area (Å²) in [4.78, 5) is 10.2. The van der Waals surface area contributed by atoms with Crippen molar-refractivity contribution in [1.82, 2.24) is 0 Å². The fourth-order valence-corrected chi connectivity index (χ4v) is 3.21. The Morgan fingerprint density at radius 3 is 2.32 bits per heavy atom. The number of anilines is 1. The maximum atomic E-state index is 12.4. The Morgan fingerprint density at radius 1 is 1.08 bits per heavy atom. The summed E-state index contributed by atoms with van der Waals surface area (Å²) in [7, 11) is -4.22. The molecule has 134 valence electrons. The topological polar surface area (TPSA) is 98.5 Å². The highest BCUT2D eigenvalue weighted by Crippen LogP contribution is 2.31. The fraction of sp³-hybridized carbons (Fsp3) is 0.143. The third-order valence-electron chi connectivity index (χ3n) is 2.91. The fourth-order valence-electron chi connectivity index (χ4n) is 1.98. The Labute approximate surface area is 140 Å². The average Bonchev–Trinajstić information content (AvgIpc) is 2.47. The largest absolute Gasteiger partial charge is 0.573 e. The van der Waals surface area contributed by atoms with E-state index in [2.05, 4.69) is 4.74 Å². The van der Waals surface area contributed by atoms with Crippen LogP contribution in [0.25, 0.3) is 0 Å². The molecule has 0 aliphatic rings. The normalized spacial score (nSPS) is 11.8. The first-order valence-electron chi connectivity index (χ1n) is 6.65. The highest BCUT2D eigenvalue weighted by molar-refractivity contribution is 7.91. The molecule has 0 heterocycles. The van der Waals surface area contributed by atoms with E-state index in [1.165, 1.54) is 30.3 Å². The van der Waals surface area contributed by atoms with Crippen molar-refractivity contribution in [3.05, 3.63) is 64.2 Å². The molecule has 0 saturated carbocycles. The van der Waals surface area contributed by atoms with E-state index in [1.807, 2.05) is 4.72 Å². The van der Waals surface area contributed by atoms with Crippen molar-refractivity contribution in [2.45, 2.75) is 12.1 Å². The summed E-state index contributed by atoms with van der Waals surface area (Å²) >= 11 is 0. The number of hydrogen-bond acceptors (Lipinski definition) is 5. The van der Waals surface area contributed by atoms with E-state index >= 15 is 0 Å². The molecule has 0 spiro atoms. The van der Waals surface area contributed by atoms with Crippen LogP contribution in [0.5, 0.6) is 5.75 Å². The van der Waals surface area contributed by atoms with E-state index in [-0.39, 0.29) is 5.56 Å². The molecule has 0 saturated heterocycles. The van der Waals surface area contributed by atoms with Gasteiger partial charge in [-0.25, -0.2) is 8.42 Å². The van der Waals surface area contributed by atoms with Crippen LogP contribution in [0.15, 0.2) is 48.5 Å². The van der Waals surface area contributed by atoms with Crippen LogP contribution in [-0.4, -0.2) is 19.7 Å². The summed E-state index contributed by atoms with van der Waals surface area (Å²) in [6.45, 7) is 0. The first-order valence-corrected chi connectivity index (χ1v) is 8.30. The van der Waals surface area contributed by atoms with Gasteiger partial charge < -0.3 is 4.74 Å². The van der Waals surface area contributed by atoms with Gasteiger partial charge in [0.2, 0.25) is 10.0 Å². The number of sulfonamides is 1. The molecule has 0 radical (unpaired) electrons. The Kier molecular flexibility index (Phi) is 5.16. The van der Waals surface area contributed by atoms with Crippen LogP contribution in [0.2, 0.25) is 0 Å². The number of nitrogens with zero attached hydrogens (tertiary/aromatic N) is 1. The third kappa shape index (κ3) is 5.35. The number of nitro benzene ring substituents is 1. The number of hydrogen-bond donors (Lipinski definition) is 1. The van der Waals surface area contributed by atoms with Crippen molar-refractivity contribution < 1.29 is 31.2 Å². The van der Waals surface area contributed by atoms with Gasteiger partial charge in [-0.3, -0.25) is 14.8 Å². The van der Waals surface area contributed by atoms with Crippen molar-refractivity contribution in [3.8, 4) is 5.75 Å². The molecule has 11 heteroatoms. The lowest BCUT2D eigenvalue weighted by Gasteiger charge is -2.14. The lowest BCUT2D eigenvalue weighted by Crippen LogP contribution is -2.20. The van der Waals surface area contributed by atoms with Crippen molar-refractivity contribution in [3.63, 3.8) is 0 Å². The van der Waals surface area contributed by atoms with Crippen LogP contribution in [0.4, 0.5) is 24.5 Å². The summed E-state index contributed by atoms with van der Waals surface area (Å²) in [5.74, 6) is -1.52. The Bertz CT molecular complexity index is 884. The molecule has 2 aromatic carbocycles. The minimum Gasteiger partial charge on any atom is -0.404 e. The minimum absolute atomic E-state index is 0.103. The second kappa shape index (κ2) is 6.97. The summed E-state index contributed by atoms with van der Waals surface area (Å²) in [5, 5.41) is 10.9. The molecular formula is C14H11F3N2O5S. The smallest absolute Gasteiger partial charge is 0.404 e. The van der Waals surface area contributed by atoms with Crippen molar-refractivity contribution in [2.24, 2.45) is 0 Å². The number of benzene rings is 2. The lowest BCUT2D eigenvalue weighted by atomic mass is 10.2. The van der Waals surface area contributed by atoms with E-state index in [9.17, 15) is 31.7 Å². The van der Waals surface area contributed by atoms with Crippen LogP contribution >= 0.6 is 0 Å². The number of nitrogens with one attached hydrogen (secondary N) is 1. The molecule has 0 fully saturated rings. The quantitative estimate of drug-likeness (QED) is 0.615. The molecule has 0 aromatic heterocycles. The van der Waals surface area contributed by atoms with E-state index in [0.29, 0.717) is 0 Å². The average molecular weight is 376 g/mol. The van der Waals surface area contributed by atoms with Crippen molar-refractivity contribution in [1.29, 1.82) is 0 Å². The number of halogens is 3. The number of rotatable bonds is 6. The van der Waals surface area contributed by atoms with Crippen molar-refractivity contribution in [2.75, 3.05) is 4.72 Å². The van der Waals surface area contributed by atoms with Gasteiger partial charge in [-0.1, -0.05) is 30.3 Å². The first kappa shape index (κ1) is 18.5. The van der Waals surface area contributed by atoms with E-state index < -0.39 is 44.2 Å². The van der Waals surface area contributed by atoms with Crippen LogP contribution in [0.3, 0.4) is 0 Å². The summed E-state index contributed by atoms with van der Waals surface area (Å²) in [6.07, 6.45) is -5.00. The minimum atomic E-state index is -5.00. The molecule has 0 amide bonds. The number of alkyl halides is 3. The molecule has 0 aliphatic heterocycles. The molecule has 2 rings (SSSR count). The number of nitro groups is 1. The van der Waals surface area contributed by atoms with Gasteiger partial charge >= 0.3 is 6.36 Å². The SMILES string of the molecule is O=[N+]([O-])c1ccccc1CS(=O)(=O)Nc1ccccc1OC(F)(F)F. The van der Waals surface area contributed by atoms with Crippen molar-refractivity contribution >= 4 is 21.4 Å². The zero-order chi connectivity index (χ0) is 18.7. The van der Waals surface area contributed by atoms with Gasteiger partial charge in [0.1, 0.15) is 5.75 Å². The van der Waals surface area contributed by atoms with Gasteiger partial charge in [-0.05, 0) is 12.1 Å². The Balaban J connectivity index is 2.28. The lowest BCUT2D eigenvalue weighted by molar-refractivity contribution is -0.385. The molecule has 1 N–H and O–H groups in total. The molecular weight excluding hydrogens is 365 g/mol. The van der Waals surface area contributed by atoms with Gasteiger partial charge in [0, 0.05) is 11.6 Å². The summed E-state index contributed by atoms with van der Waals surface area (Å²) < 4.78 is 67.2. The van der Waals surface area contributed by atoms with Crippen LogP contribution < -0.4 is 9.46 Å². The van der Waals surface area contributed by atoms with Gasteiger partial charge in [-0.15, -0.1) is 13.2 Å². The summed E-state index contributed by atoms with van der Waals surface area (Å²) in [6, 6.07) is 9.73. The number of ether oxygens (including phenoxy) is 1. The molecule has 2 aromatic rings. The van der Waals surface area contributed by atoms with Gasteiger partial charge in [-0.2, -0.15) is 0 Å². The predicted molar refractivity (Wildman–Crippen MR) is 82.5 cm³/mol. The zero-order valence-electron chi connectivity index (χ0n) is 12.4. The van der Waals surface area contributed by atoms with Gasteiger partial charge in [0.15, 0.2) is 5.75 Å². The zero-order valence-corrected chi connectivity index (χ0v) is 13.2. The third-order valence-corrected chi connectivity index (χ3v) is 4.13. The standard InChI is InChI=1S/C14H11F3N2O5S/c15-14(16,17)24-13-8-4-2-6-11(13)18-25(22,23)9-10-5-1-3-7-12(10)19(20)21/h1-8,18H,9H2. The van der Waals surface area contributed by atoms with Gasteiger partial charge in [0.05, 0.1) is 10.6 Å². The maximum absolute atomic E-state index is 12.4. The molecule has 0 bridgehead atoms.